The van der Waals surface area contributed by atoms with Crippen molar-refractivity contribution in [2.45, 2.75) is 83.3 Å². The number of fused-ring (bicyclic) bond motifs is 1. The molecule has 0 saturated carbocycles. The van der Waals surface area contributed by atoms with E-state index in [-0.39, 0.29) is 26.0 Å². The van der Waals surface area contributed by atoms with Gasteiger partial charge in [0.2, 0.25) is 5.79 Å². The van der Waals surface area contributed by atoms with E-state index in [1.807, 2.05) is 0 Å². The number of rotatable bonds is 7. The fraction of sp³-hybridized carbons (Fsp3) is 1.00. The van der Waals surface area contributed by atoms with Crippen LogP contribution in [0.15, 0.2) is 0 Å². The van der Waals surface area contributed by atoms with Crippen LogP contribution >= 0.6 is 7.60 Å². The molecule has 3 heterocycles. The molecule has 0 spiro atoms. The Bertz CT molecular complexity index is 585. The van der Waals surface area contributed by atoms with Gasteiger partial charge in [-0.15, -0.1) is 0 Å². The maximum atomic E-state index is 13.0. The number of hydrogen-bond donors (Lipinski definition) is 1. The third-order valence-corrected chi connectivity index (χ3v) is 6.85. The van der Waals surface area contributed by atoms with Gasteiger partial charge in [-0.05, 0) is 41.5 Å². The molecule has 0 aliphatic carbocycles. The molecule has 0 aromatic heterocycles. The molecule has 5 atom stereocenters. The van der Waals surface area contributed by atoms with Crippen molar-refractivity contribution >= 4 is 7.60 Å². The predicted molar refractivity (Wildman–Crippen MR) is 94.3 cm³/mol. The lowest BCUT2D eigenvalue weighted by Gasteiger charge is -2.33. The molecule has 0 aromatic rings. The van der Waals surface area contributed by atoms with Gasteiger partial charge in [-0.1, -0.05) is 0 Å². The summed E-state index contributed by atoms with van der Waals surface area (Å²) in [5, 5.41) is 11.3. The Kier molecular flexibility index (Phi) is 5.85. The molecule has 0 unspecified atom stereocenters. The smallest absolute Gasteiger partial charge is 0.336 e. The van der Waals surface area contributed by atoms with E-state index in [4.69, 9.17) is 32.7 Å². The number of hydrogen-bond acceptors (Lipinski definition) is 9. The Labute approximate surface area is 160 Å². The van der Waals surface area contributed by atoms with Crippen LogP contribution in [0, 0.1) is 0 Å². The normalized spacial score (nSPS) is 40.4. The molecule has 3 fully saturated rings. The van der Waals surface area contributed by atoms with Crippen LogP contribution in [0.5, 0.6) is 0 Å². The topological polar surface area (TPSA) is 102 Å². The third-order valence-electron chi connectivity index (χ3n) is 4.71. The minimum atomic E-state index is -3.59. The molecular weight excluding hydrogens is 379 g/mol. The molecule has 3 saturated heterocycles. The van der Waals surface area contributed by atoms with Crippen molar-refractivity contribution < 1.29 is 42.4 Å². The summed E-state index contributed by atoms with van der Waals surface area (Å²) in [5.41, 5.74) is 0. The van der Waals surface area contributed by atoms with Crippen molar-refractivity contribution in [2.24, 2.45) is 0 Å². The highest BCUT2D eigenvalue weighted by atomic mass is 31.2. The quantitative estimate of drug-likeness (QED) is 0.632. The van der Waals surface area contributed by atoms with Crippen molar-refractivity contribution in [3.63, 3.8) is 0 Å². The average molecular weight is 410 g/mol. The molecule has 0 amide bonds. The number of aliphatic hydroxyl groups is 1. The molecule has 27 heavy (non-hydrogen) atoms. The van der Waals surface area contributed by atoms with E-state index in [2.05, 4.69) is 0 Å². The summed E-state index contributed by atoms with van der Waals surface area (Å²) in [4.78, 5) is 0. The van der Waals surface area contributed by atoms with Crippen molar-refractivity contribution in [3.8, 4) is 0 Å². The summed E-state index contributed by atoms with van der Waals surface area (Å²) in [6, 6.07) is 0. The van der Waals surface area contributed by atoms with Gasteiger partial charge < -0.3 is 37.8 Å². The van der Waals surface area contributed by atoms with Crippen molar-refractivity contribution in [2.75, 3.05) is 26.0 Å². The maximum Gasteiger partial charge on any atom is 0.336 e. The Hall–Kier alpha value is -0.0900. The van der Waals surface area contributed by atoms with E-state index in [0.29, 0.717) is 0 Å². The molecule has 3 aliphatic rings. The van der Waals surface area contributed by atoms with Gasteiger partial charge in [-0.25, -0.2) is 0 Å². The fourth-order valence-electron chi connectivity index (χ4n) is 3.84. The molecule has 3 aliphatic heterocycles. The molecule has 0 radical (unpaired) electrons. The third kappa shape index (κ3) is 4.42. The zero-order valence-electron chi connectivity index (χ0n) is 16.8. The first-order chi connectivity index (χ1) is 12.4. The highest BCUT2D eigenvalue weighted by molar-refractivity contribution is 7.53. The van der Waals surface area contributed by atoms with Gasteiger partial charge in [-0.3, -0.25) is 4.57 Å². The zero-order valence-corrected chi connectivity index (χ0v) is 17.7. The SMILES string of the molecule is CCOP(=O)(C[C@@]1(O)O[C@H]([C@H]2COC(C)(C)O2)[C@@H]2OC(C)(C)O[C@@H]21)OCC. The van der Waals surface area contributed by atoms with Crippen molar-refractivity contribution in [1.29, 1.82) is 0 Å². The monoisotopic (exact) mass is 410 g/mol. The van der Waals surface area contributed by atoms with Gasteiger partial charge in [-0.2, -0.15) is 0 Å². The second kappa shape index (κ2) is 7.31. The molecule has 10 heteroatoms. The molecule has 0 aromatic carbocycles. The van der Waals surface area contributed by atoms with E-state index in [1.165, 1.54) is 0 Å². The van der Waals surface area contributed by atoms with Gasteiger partial charge in [0.1, 0.15) is 30.6 Å². The van der Waals surface area contributed by atoms with E-state index in [0.717, 1.165) is 0 Å². The Balaban J connectivity index is 1.85. The highest BCUT2D eigenvalue weighted by Crippen LogP contribution is 2.55. The first-order valence-corrected chi connectivity index (χ1v) is 11.1. The first-order valence-electron chi connectivity index (χ1n) is 9.38. The number of ether oxygens (including phenoxy) is 5. The van der Waals surface area contributed by atoms with E-state index in [1.54, 1.807) is 41.5 Å². The zero-order chi connectivity index (χ0) is 20.1. The van der Waals surface area contributed by atoms with Crippen LogP contribution in [0.3, 0.4) is 0 Å². The Morgan fingerprint density at radius 2 is 1.59 bits per heavy atom. The van der Waals surface area contributed by atoms with Crippen molar-refractivity contribution in [3.05, 3.63) is 0 Å². The van der Waals surface area contributed by atoms with Gasteiger partial charge >= 0.3 is 7.60 Å². The van der Waals surface area contributed by atoms with Gasteiger partial charge in [0.05, 0.1) is 19.8 Å². The molecule has 3 rings (SSSR count). The maximum absolute atomic E-state index is 13.0. The molecule has 158 valence electrons. The van der Waals surface area contributed by atoms with Crippen LogP contribution in [0.25, 0.3) is 0 Å². The highest BCUT2D eigenvalue weighted by Gasteiger charge is 2.66. The standard InChI is InChI=1S/C17H31O9P/c1-7-21-27(19,22-8-2)10-17(18)14-13(24-16(5,6)26-14)12(25-17)11-9-20-15(3,4)23-11/h11-14,18H,7-10H2,1-6H3/t11-,12-,13+,14+,17-/m1/s1. The average Bonchev–Trinajstić information content (AvgIpc) is 3.11. The second-order valence-electron chi connectivity index (χ2n) is 7.92. The lowest BCUT2D eigenvalue weighted by atomic mass is 10.0. The summed E-state index contributed by atoms with van der Waals surface area (Å²) in [5.74, 6) is -3.59. The van der Waals surface area contributed by atoms with Crippen molar-refractivity contribution in [1.82, 2.24) is 0 Å². The summed E-state index contributed by atoms with van der Waals surface area (Å²) in [6.07, 6.45) is -2.95. The summed E-state index contributed by atoms with van der Waals surface area (Å²) in [6.45, 7) is 11.2. The van der Waals surface area contributed by atoms with Crippen LogP contribution in [0.4, 0.5) is 0 Å². The summed E-state index contributed by atoms with van der Waals surface area (Å²) >= 11 is 0. The van der Waals surface area contributed by atoms with Gasteiger partial charge in [0.15, 0.2) is 11.6 Å². The summed E-state index contributed by atoms with van der Waals surface area (Å²) < 4.78 is 53.0. The van der Waals surface area contributed by atoms with Crippen LogP contribution in [-0.4, -0.2) is 72.9 Å². The largest absolute Gasteiger partial charge is 0.363 e. The van der Waals surface area contributed by atoms with Crippen LogP contribution in [0.2, 0.25) is 0 Å². The molecule has 1 N–H and O–H groups in total. The van der Waals surface area contributed by atoms with Gasteiger partial charge in [0.25, 0.3) is 0 Å². The molecule has 0 bridgehead atoms. The first kappa shape index (κ1) is 21.6. The van der Waals surface area contributed by atoms with Crippen LogP contribution in [0.1, 0.15) is 41.5 Å². The summed E-state index contributed by atoms with van der Waals surface area (Å²) in [7, 11) is -3.59. The Morgan fingerprint density at radius 3 is 2.11 bits per heavy atom. The second-order valence-corrected chi connectivity index (χ2v) is 9.97. The lowest BCUT2D eigenvalue weighted by molar-refractivity contribution is -0.276. The van der Waals surface area contributed by atoms with Gasteiger partial charge in [0, 0.05) is 0 Å². The van der Waals surface area contributed by atoms with Crippen LogP contribution in [-0.2, 0) is 37.3 Å². The molecular formula is C17H31O9P. The van der Waals surface area contributed by atoms with E-state index >= 15 is 0 Å². The minimum absolute atomic E-state index is 0.182. The van der Waals surface area contributed by atoms with E-state index < -0.39 is 49.4 Å². The van der Waals surface area contributed by atoms with E-state index in [9.17, 15) is 9.67 Å². The van der Waals surface area contributed by atoms with Crippen LogP contribution < -0.4 is 0 Å². The fourth-order valence-corrected chi connectivity index (χ4v) is 5.69. The lowest BCUT2D eigenvalue weighted by Crippen LogP contribution is -2.46. The minimum Gasteiger partial charge on any atom is -0.363 e. The molecule has 9 nitrogen and oxygen atoms in total. The predicted octanol–water partition coefficient (Wildman–Crippen LogP) is 2.01. The Morgan fingerprint density at radius 1 is 0.963 bits per heavy atom.